The van der Waals surface area contributed by atoms with Crippen LogP contribution in [0.3, 0.4) is 0 Å². The Labute approximate surface area is 204 Å². The van der Waals surface area contributed by atoms with Crippen LogP contribution in [0.15, 0.2) is 47.4 Å². The van der Waals surface area contributed by atoms with Crippen molar-refractivity contribution in [2.24, 2.45) is 0 Å². The van der Waals surface area contributed by atoms with E-state index in [1.54, 1.807) is 29.6 Å². The molecule has 0 fully saturated rings. The van der Waals surface area contributed by atoms with Crippen LogP contribution >= 0.6 is 10.8 Å². The fraction of sp³-hybridized carbons (Fsp3) is 0.500. The smallest absolute Gasteiger partial charge is 0.306 e. The number of esters is 1. The van der Waals surface area contributed by atoms with E-state index in [0.29, 0.717) is 43.4 Å². The summed E-state index contributed by atoms with van der Waals surface area (Å²) in [4.78, 5) is 12.7. The molecule has 2 atom stereocenters. The molecule has 2 N–H and O–H groups in total. The van der Waals surface area contributed by atoms with Gasteiger partial charge < -0.3 is 14.2 Å². The quantitative estimate of drug-likeness (QED) is 0.322. The number of fused-ring (bicyclic) bond motifs is 1. The molecule has 8 heteroatoms. The predicted octanol–water partition coefficient (Wildman–Crippen LogP) is 5.77. The maximum atomic E-state index is 12.3. The minimum absolute atomic E-state index is 0.000948. The van der Waals surface area contributed by atoms with Crippen LogP contribution in [-0.2, 0) is 20.8 Å². The van der Waals surface area contributed by atoms with Crippen molar-refractivity contribution in [1.29, 1.82) is 0 Å². The molecule has 188 valence electrons. The van der Waals surface area contributed by atoms with Gasteiger partial charge in [-0.1, -0.05) is 30.3 Å². The number of rotatable bonds is 10. The molecule has 0 amide bonds. The molecular formula is C26H37NO6S. The summed E-state index contributed by atoms with van der Waals surface area (Å²) < 4.78 is 40.6. The monoisotopic (exact) mass is 491 g/mol. The summed E-state index contributed by atoms with van der Waals surface area (Å²) >= 11 is 0. The van der Waals surface area contributed by atoms with Gasteiger partial charge in [0.15, 0.2) is 0 Å². The van der Waals surface area contributed by atoms with Gasteiger partial charge in [0.2, 0.25) is 0 Å². The third-order valence-electron chi connectivity index (χ3n) is 6.10. The second-order valence-corrected chi connectivity index (χ2v) is 10.7. The fourth-order valence-electron chi connectivity index (χ4n) is 4.30. The molecule has 0 aromatic heterocycles. The average Bonchev–Trinajstić information content (AvgIpc) is 2.88. The van der Waals surface area contributed by atoms with E-state index in [2.05, 4.69) is 12.1 Å². The first kappa shape index (κ1) is 26.5. The van der Waals surface area contributed by atoms with Crippen molar-refractivity contribution in [3.8, 4) is 5.75 Å². The number of methoxy groups -OCH3 is 1. The largest absolute Gasteiger partial charge is 0.487 e. The minimum atomic E-state index is -3.23. The van der Waals surface area contributed by atoms with Crippen LogP contribution < -0.4 is 4.74 Å². The van der Waals surface area contributed by atoms with Gasteiger partial charge in [0, 0.05) is 20.3 Å². The Bertz CT molecular complexity index is 966. The van der Waals surface area contributed by atoms with Crippen molar-refractivity contribution in [3.05, 3.63) is 59.2 Å². The summed E-state index contributed by atoms with van der Waals surface area (Å²) in [6.07, 6.45) is 1.73. The zero-order valence-electron chi connectivity index (χ0n) is 20.5. The summed E-state index contributed by atoms with van der Waals surface area (Å²) in [7, 11) is -1.55. The van der Waals surface area contributed by atoms with Crippen LogP contribution in [0.25, 0.3) is 0 Å². The number of ether oxygens (including phenoxy) is 3. The molecule has 0 saturated heterocycles. The molecule has 7 nitrogen and oxygen atoms in total. The first-order valence-corrected chi connectivity index (χ1v) is 13.3. The number of para-hydroxylation sites is 1. The van der Waals surface area contributed by atoms with E-state index in [1.807, 2.05) is 32.9 Å². The Kier molecular flexibility index (Phi) is 9.39. The van der Waals surface area contributed by atoms with E-state index in [9.17, 15) is 13.9 Å². The fourth-order valence-corrected chi connectivity index (χ4v) is 5.96. The highest BCUT2D eigenvalue weighted by molar-refractivity contribution is 8.22. The molecule has 34 heavy (non-hydrogen) atoms. The lowest BCUT2D eigenvalue weighted by atomic mass is 9.89. The number of hydrogen-bond acceptors (Lipinski definition) is 7. The Morgan fingerprint density at radius 1 is 1.26 bits per heavy atom. The SMILES string of the molecule is CCOC(=O)CC(CCCOC)c1ccc(C)c(CN2CC(C)Oc3ccccc3S2(O)O)c1. The van der Waals surface area contributed by atoms with Gasteiger partial charge in [0.05, 0.1) is 19.6 Å². The molecule has 2 unspecified atom stereocenters. The van der Waals surface area contributed by atoms with Crippen molar-refractivity contribution < 1.29 is 28.1 Å². The zero-order chi connectivity index (χ0) is 24.7. The maximum Gasteiger partial charge on any atom is 0.306 e. The van der Waals surface area contributed by atoms with Crippen LogP contribution in [0.5, 0.6) is 5.75 Å². The molecule has 0 aliphatic carbocycles. The van der Waals surface area contributed by atoms with Gasteiger partial charge >= 0.3 is 5.97 Å². The van der Waals surface area contributed by atoms with Crippen LogP contribution in [-0.4, -0.2) is 52.4 Å². The van der Waals surface area contributed by atoms with Gasteiger partial charge in [0.25, 0.3) is 0 Å². The number of nitrogens with zero attached hydrogens (tertiary/aromatic N) is 1. The van der Waals surface area contributed by atoms with E-state index in [-0.39, 0.29) is 18.0 Å². The van der Waals surface area contributed by atoms with Crippen molar-refractivity contribution in [2.75, 3.05) is 26.9 Å². The molecule has 3 rings (SSSR count). The summed E-state index contributed by atoms with van der Waals surface area (Å²) in [6.45, 7) is 7.47. The van der Waals surface area contributed by atoms with Gasteiger partial charge in [-0.2, -0.15) is 4.31 Å². The first-order chi connectivity index (χ1) is 16.3. The van der Waals surface area contributed by atoms with E-state index < -0.39 is 10.8 Å². The van der Waals surface area contributed by atoms with E-state index in [0.717, 1.165) is 29.5 Å². The van der Waals surface area contributed by atoms with E-state index >= 15 is 0 Å². The van der Waals surface area contributed by atoms with Crippen LogP contribution in [0, 0.1) is 6.92 Å². The Morgan fingerprint density at radius 3 is 2.76 bits per heavy atom. The highest BCUT2D eigenvalue weighted by Gasteiger charge is 2.34. The molecule has 0 bridgehead atoms. The van der Waals surface area contributed by atoms with Gasteiger partial charge in [-0.25, -0.2) is 0 Å². The molecule has 0 saturated carbocycles. The Balaban J connectivity index is 1.89. The van der Waals surface area contributed by atoms with Gasteiger partial charge in [0.1, 0.15) is 16.7 Å². The molecule has 0 radical (unpaired) electrons. The van der Waals surface area contributed by atoms with Crippen molar-refractivity contribution in [3.63, 3.8) is 0 Å². The normalized spacial score (nSPS) is 19.4. The standard InChI is InChI=1S/C26H37NO6S/c1-5-32-26(28)16-21(9-8-14-31-4)22-13-12-19(2)23(15-22)18-27-17-20(3)33-24-10-6-7-11-25(24)34(27,29)30/h6-7,10-13,15,20-21,29-30H,5,8-9,14,16-18H2,1-4H3. The molecule has 2 aromatic rings. The second kappa shape index (κ2) is 12.0. The topological polar surface area (TPSA) is 88.5 Å². The van der Waals surface area contributed by atoms with E-state index in [1.165, 1.54) is 0 Å². The van der Waals surface area contributed by atoms with Crippen molar-refractivity contribution in [1.82, 2.24) is 4.31 Å². The molecule has 1 heterocycles. The third-order valence-corrected chi connectivity index (χ3v) is 8.03. The zero-order valence-corrected chi connectivity index (χ0v) is 21.3. The molecule has 0 spiro atoms. The number of carbonyl (C=O) groups excluding carboxylic acids is 1. The van der Waals surface area contributed by atoms with Crippen LogP contribution in [0.1, 0.15) is 55.7 Å². The number of benzene rings is 2. The minimum Gasteiger partial charge on any atom is -0.487 e. The van der Waals surface area contributed by atoms with Crippen LogP contribution in [0.4, 0.5) is 0 Å². The van der Waals surface area contributed by atoms with Crippen molar-refractivity contribution in [2.45, 2.75) is 63.5 Å². The molecule has 2 aromatic carbocycles. The number of carbonyl (C=O) groups is 1. The lowest BCUT2D eigenvalue weighted by molar-refractivity contribution is -0.143. The number of hydrogen-bond donors (Lipinski definition) is 2. The first-order valence-electron chi connectivity index (χ1n) is 11.8. The average molecular weight is 492 g/mol. The van der Waals surface area contributed by atoms with Crippen LogP contribution in [0.2, 0.25) is 0 Å². The second-order valence-electron chi connectivity index (χ2n) is 8.74. The lowest BCUT2D eigenvalue weighted by Gasteiger charge is -2.42. The Morgan fingerprint density at radius 2 is 2.03 bits per heavy atom. The van der Waals surface area contributed by atoms with Crippen molar-refractivity contribution >= 4 is 16.7 Å². The maximum absolute atomic E-state index is 12.3. The predicted molar refractivity (Wildman–Crippen MR) is 134 cm³/mol. The summed E-state index contributed by atoms with van der Waals surface area (Å²) in [5, 5.41) is 0. The molecule has 1 aliphatic rings. The third kappa shape index (κ3) is 6.52. The lowest BCUT2D eigenvalue weighted by Crippen LogP contribution is -2.33. The van der Waals surface area contributed by atoms with Gasteiger partial charge in [-0.3, -0.25) is 13.9 Å². The number of aryl methyl sites for hydroxylation is 1. The summed E-state index contributed by atoms with van der Waals surface area (Å²) in [5.74, 6) is 0.299. The van der Waals surface area contributed by atoms with Gasteiger partial charge in [-0.15, -0.1) is 10.8 Å². The summed E-state index contributed by atoms with van der Waals surface area (Å²) in [5.41, 5.74) is 3.09. The molecular weight excluding hydrogens is 454 g/mol. The molecule has 1 aliphatic heterocycles. The van der Waals surface area contributed by atoms with Gasteiger partial charge in [-0.05, 0) is 68.4 Å². The highest BCUT2D eigenvalue weighted by Crippen LogP contribution is 2.57. The van der Waals surface area contributed by atoms with E-state index in [4.69, 9.17) is 14.2 Å². The summed E-state index contributed by atoms with van der Waals surface area (Å²) in [6, 6.07) is 13.3. The Hall–Kier alpha value is -2.10. The highest BCUT2D eigenvalue weighted by atomic mass is 32.3.